The van der Waals surface area contributed by atoms with E-state index in [1.54, 1.807) is 42.5 Å². The number of benzene rings is 2. The molecule has 1 aromatic heterocycles. The van der Waals surface area contributed by atoms with E-state index in [-0.39, 0.29) is 5.91 Å². The molecule has 0 unspecified atom stereocenters. The SMILES string of the molecule is O=C(Nc1ccc2c(c1)OCCO2)c1snnc1-c1ccc(Cl)cc1. The Labute approximate surface area is 152 Å². The molecule has 25 heavy (non-hydrogen) atoms. The van der Waals surface area contributed by atoms with Crippen molar-refractivity contribution in [2.45, 2.75) is 0 Å². The van der Waals surface area contributed by atoms with E-state index in [0.717, 1.165) is 17.1 Å². The van der Waals surface area contributed by atoms with Gasteiger partial charge in [-0.25, -0.2) is 0 Å². The van der Waals surface area contributed by atoms with Crippen molar-refractivity contribution < 1.29 is 14.3 Å². The molecule has 0 aliphatic carbocycles. The monoisotopic (exact) mass is 373 g/mol. The van der Waals surface area contributed by atoms with E-state index < -0.39 is 0 Å². The van der Waals surface area contributed by atoms with Crippen LogP contribution in [-0.2, 0) is 0 Å². The van der Waals surface area contributed by atoms with Crippen molar-refractivity contribution in [2.75, 3.05) is 18.5 Å². The van der Waals surface area contributed by atoms with Crippen molar-refractivity contribution in [1.29, 1.82) is 0 Å². The Balaban J connectivity index is 1.58. The van der Waals surface area contributed by atoms with Crippen molar-refractivity contribution in [3.05, 3.63) is 52.4 Å². The van der Waals surface area contributed by atoms with Crippen LogP contribution >= 0.6 is 23.1 Å². The van der Waals surface area contributed by atoms with Crippen molar-refractivity contribution in [3.63, 3.8) is 0 Å². The van der Waals surface area contributed by atoms with E-state index in [2.05, 4.69) is 14.9 Å². The zero-order valence-corrected chi connectivity index (χ0v) is 14.4. The van der Waals surface area contributed by atoms with E-state index in [9.17, 15) is 4.79 Å². The predicted molar refractivity (Wildman–Crippen MR) is 95.7 cm³/mol. The second-order valence-corrected chi connectivity index (χ2v) is 6.46. The molecule has 1 amide bonds. The van der Waals surface area contributed by atoms with Gasteiger partial charge < -0.3 is 14.8 Å². The molecule has 126 valence electrons. The number of aromatic nitrogens is 2. The van der Waals surface area contributed by atoms with Gasteiger partial charge in [0.05, 0.1) is 0 Å². The number of nitrogens with one attached hydrogen (secondary N) is 1. The first-order valence-corrected chi connectivity index (χ1v) is 8.65. The van der Waals surface area contributed by atoms with E-state index in [1.807, 2.05) is 0 Å². The second-order valence-electron chi connectivity index (χ2n) is 5.27. The van der Waals surface area contributed by atoms with Gasteiger partial charge in [0.1, 0.15) is 23.8 Å². The minimum atomic E-state index is -0.281. The molecule has 1 aliphatic heterocycles. The summed E-state index contributed by atoms with van der Waals surface area (Å²) in [7, 11) is 0. The van der Waals surface area contributed by atoms with Crippen LogP contribution in [0.15, 0.2) is 42.5 Å². The van der Waals surface area contributed by atoms with Crippen molar-refractivity contribution in [2.24, 2.45) is 0 Å². The fourth-order valence-electron chi connectivity index (χ4n) is 2.45. The number of carbonyl (C=O) groups excluding carboxylic acids is 1. The Morgan fingerprint density at radius 1 is 1.08 bits per heavy atom. The first-order valence-electron chi connectivity index (χ1n) is 7.50. The van der Waals surface area contributed by atoms with Crippen LogP contribution < -0.4 is 14.8 Å². The lowest BCUT2D eigenvalue weighted by Gasteiger charge is -2.18. The van der Waals surface area contributed by atoms with E-state index >= 15 is 0 Å². The van der Waals surface area contributed by atoms with Gasteiger partial charge in [-0.15, -0.1) is 5.10 Å². The highest BCUT2D eigenvalue weighted by molar-refractivity contribution is 7.08. The van der Waals surface area contributed by atoms with Gasteiger partial charge in [-0.05, 0) is 35.8 Å². The number of nitrogens with zero attached hydrogens (tertiary/aromatic N) is 2. The Morgan fingerprint density at radius 2 is 1.84 bits per heavy atom. The number of fused-ring (bicyclic) bond motifs is 1. The number of hydrogen-bond donors (Lipinski definition) is 1. The lowest BCUT2D eigenvalue weighted by Crippen LogP contribution is -2.16. The molecular formula is C17H12ClN3O3S. The number of rotatable bonds is 3. The number of anilines is 1. The fourth-order valence-corrected chi connectivity index (χ4v) is 3.15. The van der Waals surface area contributed by atoms with Gasteiger partial charge >= 0.3 is 0 Å². The van der Waals surface area contributed by atoms with Crippen molar-refractivity contribution >= 4 is 34.7 Å². The Morgan fingerprint density at radius 3 is 2.64 bits per heavy atom. The van der Waals surface area contributed by atoms with E-state index in [4.69, 9.17) is 21.1 Å². The molecule has 1 aliphatic rings. The fraction of sp³-hybridized carbons (Fsp3) is 0.118. The molecule has 0 spiro atoms. The molecule has 0 bridgehead atoms. The van der Waals surface area contributed by atoms with E-state index in [1.165, 1.54) is 0 Å². The number of amides is 1. The first kappa shape index (κ1) is 15.9. The summed E-state index contributed by atoms with van der Waals surface area (Å²) < 4.78 is 14.9. The lowest BCUT2D eigenvalue weighted by molar-refractivity contribution is 0.103. The molecule has 0 atom stereocenters. The zero-order chi connectivity index (χ0) is 17.2. The Bertz CT molecular complexity index is 927. The van der Waals surface area contributed by atoms with Crippen molar-refractivity contribution in [1.82, 2.24) is 9.59 Å². The minimum absolute atomic E-state index is 0.281. The summed E-state index contributed by atoms with van der Waals surface area (Å²) in [5.74, 6) is 1.01. The predicted octanol–water partition coefficient (Wildman–Crippen LogP) is 3.88. The Hall–Kier alpha value is -2.64. The first-order chi connectivity index (χ1) is 12.2. The standard InChI is InChI=1S/C17H12ClN3O3S/c18-11-3-1-10(2-4-11)15-16(25-21-20-15)17(22)19-12-5-6-13-14(9-12)24-8-7-23-13/h1-6,9H,7-8H2,(H,19,22). The van der Waals surface area contributed by atoms with Crippen LogP contribution in [0.4, 0.5) is 5.69 Å². The zero-order valence-electron chi connectivity index (χ0n) is 12.9. The molecular weight excluding hydrogens is 362 g/mol. The molecule has 3 aromatic rings. The second kappa shape index (κ2) is 6.70. The summed E-state index contributed by atoms with van der Waals surface area (Å²) in [4.78, 5) is 13.1. The van der Waals surface area contributed by atoms with Crippen LogP contribution in [0.25, 0.3) is 11.3 Å². The quantitative estimate of drug-likeness (QED) is 0.754. The number of ether oxygens (including phenoxy) is 2. The molecule has 6 nitrogen and oxygen atoms in total. The molecule has 4 rings (SSSR count). The highest BCUT2D eigenvalue weighted by Gasteiger charge is 2.19. The maximum absolute atomic E-state index is 12.6. The van der Waals surface area contributed by atoms with Crippen LogP contribution in [0.2, 0.25) is 5.02 Å². The summed E-state index contributed by atoms with van der Waals surface area (Å²) in [5, 5.41) is 7.53. The average Bonchev–Trinajstić information content (AvgIpc) is 3.12. The molecule has 0 saturated carbocycles. The van der Waals surface area contributed by atoms with E-state index in [0.29, 0.717) is 46.0 Å². The smallest absolute Gasteiger partial charge is 0.269 e. The number of hydrogen-bond acceptors (Lipinski definition) is 6. The summed E-state index contributed by atoms with van der Waals surface area (Å²) >= 11 is 6.95. The van der Waals surface area contributed by atoms with Gasteiger partial charge in [0, 0.05) is 22.3 Å². The molecule has 2 aromatic carbocycles. The minimum Gasteiger partial charge on any atom is -0.486 e. The highest BCUT2D eigenvalue weighted by Crippen LogP contribution is 2.33. The van der Waals surface area contributed by atoms with Gasteiger partial charge in [0.25, 0.3) is 5.91 Å². The van der Waals surface area contributed by atoms with Crippen LogP contribution in [0, 0.1) is 0 Å². The maximum Gasteiger partial charge on any atom is 0.269 e. The lowest BCUT2D eigenvalue weighted by atomic mass is 10.1. The largest absolute Gasteiger partial charge is 0.486 e. The van der Waals surface area contributed by atoms with Crippen LogP contribution in [0.5, 0.6) is 11.5 Å². The number of carbonyl (C=O) groups is 1. The molecule has 0 fully saturated rings. The Kier molecular flexibility index (Phi) is 4.25. The average molecular weight is 374 g/mol. The van der Waals surface area contributed by atoms with Crippen LogP contribution in [-0.4, -0.2) is 28.7 Å². The summed E-state index contributed by atoms with van der Waals surface area (Å²) in [6.07, 6.45) is 0. The van der Waals surface area contributed by atoms with Gasteiger partial charge in [0.15, 0.2) is 11.5 Å². The molecule has 8 heteroatoms. The molecule has 0 saturated heterocycles. The third-order valence-corrected chi connectivity index (χ3v) is 4.59. The summed E-state index contributed by atoms with van der Waals surface area (Å²) in [6.45, 7) is 1.01. The van der Waals surface area contributed by atoms with Crippen LogP contribution in [0.3, 0.4) is 0 Å². The van der Waals surface area contributed by atoms with Crippen molar-refractivity contribution in [3.8, 4) is 22.8 Å². The topological polar surface area (TPSA) is 73.3 Å². The maximum atomic E-state index is 12.6. The van der Waals surface area contributed by atoms with Gasteiger partial charge in [-0.1, -0.05) is 28.2 Å². The summed E-state index contributed by atoms with van der Waals surface area (Å²) in [6, 6.07) is 12.4. The number of halogens is 1. The highest BCUT2D eigenvalue weighted by atomic mass is 35.5. The molecule has 1 N–H and O–H groups in total. The molecule has 2 heterocycles. The third-order valence-electron chi connectivity index (χ3n) is 3.61. The molecule has 0 radical (unpaired) electrons. The summed E-state index contributed by atoms with van der Waals surface area (Å²) in [5.41, 5.74) is 1.92. The normalized spacial score (nSPS) is 12.7. The van der Waals surface area contributed by atoms with Gasteiger partial charge in [-0.2, -0.15) is 0 Å². The third kappa shape index (κ3) is 3.29. The van der Waals surface area contributed by atoms with Gasteiger partial charge in [0.2, 0.25) is 0 Å². The van der Waals surface area contributed by atoms with Gasteiger partial charge in [-0.3, -0.25) is 4.79 Å². The van der Waals surface area contributed by atoms with Crippen LogP contribution in [0.1, 0.15) is 9.67 Å².